The summed E-state index contributed by atoms with van der Waals surface area (Å²) in [7, 11) is -1.81. The molecule has 0 saturated heterocycles. The van der Waals surface area contributed by atoms with Gasteiger partial charge in [0.05, 0.1) is 5.75 Å². The number of carboxylic acids is 1. The van der Waals surface area contributed by atoms with Gasteiger partial charge in [-0.05, 0) is 6.07 Å². The van der Waals surface area contributed by atoms with Crippen molar-refractivity contribution >= 4 is 15.8 Å². The molecule has 1 aromatic rings. The van der Waals surface area contributed by atoms with Crippen LogP contribution in [0, 0.1) is 0 Å². The van der Waals surface area contributed by atoms with Gasteiger partial charge in [0.25, 0.3) is 0 Å². The highest BCUT2D eigenvalue weighted by Crippen LogP contribution is 2.01. The summed E-state index contributed by atoms with van der Waals surface area (Å²) >= 11 is 0. The predicted octanol–water partition coefficient (Wildman–Crippen LogP) is -0.538. The van der Waals surface area contributed by atoms with Crippen molar-refractivity contribution in [3.05, 3.63) is 18.0 Å². The van der Waals surface area contributed by atoms with E-state index in [4.69, 9.17) is 5.11 Å². The van der Waals surface area contributed by atoms with Crippen molar-refractivity contribution < 1.29 is 18.3 Å². The summed E-state index contributed by atoms with van der Waals surface area (Å²) in [6.07, 6.45) is 1.85. The first-order valence-corrected chi connectivity index (χ1v) is 6.12. The molecule has 0 unspecified atom stereocenters. The third kappa shape index (κ3) is 3.70. The molecule has 0 spiro atoms. The number of nitrogens with zero attached hydrogens (tertiary/aromatic N) is 2. The minimum absolute atomic E-state index is 0.168. The fourth-order valence-corrected chi connectivity index (χ4v) is 2.21. The maximum atomic E-state index is 11.2. The molecule has 0 bridgehead atoms. The quantitative estimate of drug-likeness (QED) is 0.736. The smallest absolute Gasteiger partial charge is 0.318 e. The maximum absolute atomic E-state index is 11.2. The van der Waals surface area contributed by atoms with Gasteiger partial charge in [-0.1, -0.05) is 0 Å². The number of aliphatic carboxylic acids is 1. The third-order valence-electron chi connectivity index (χ3n) is 1.94. The second-order valence-electron chi connectivity index (χ2n) is 3.18. The van der Waals surface area contributed by atoms with Gasteiger partial charge in [0, 0.05) is 25.4 Å². The van der Waals surface area contributed by atoms with Crippen LogP contribution in [0.4, 0.5) is 0 Å². The molecule has 0 aliphatic rings. The van der Waals surface area contributed by atoms with Crippen LogP contribution in [0.2, 0.25) is 0 Å². The molecule has 0 saturated carbocycles. The number of sulfone groups is 1. The Hall–Kier alpha value is -1.37. The first-order valence-electron chi connectivity index (χ1n) is 4.30. The molecule has 0 aliphatic carbocycles. The lowest BCUT2D eigenvalue weighted by Gasteiger charge is -2.02. The Balaban J connectivity index is 2.58. The third-order valence-corrected chi connectivity index (χ3v) is 3.45. The van der Waals surface area contributed by atoms with E-state index in [1.165, 1.54) is 0 Å². The van der Waals surface area contributed by atoms with Gasteiger partial charge in [-0.3, -0.25) is 9.48 Å². The monoisotopic (exact) mass is 232 g/mol. The molecule has 84 valence electrons. The standard InChI is InChI=1S/C8H12N2O4S/c1-10-7(2-4-9-10)3-5-15(13,14)6-8(11)12/h2,4H,3,5-6H2,1H3,(H,11,12). The predicted molar refractivity (Wildman–Crippen MR) is 53.2 cm³/mol. The molecule has 0 fully saturated rings. The van der Waals surface area contributed by atoms with Gasteiger partial charge in [-0.25, -0.2) is 8.42 Å². The number of carboxylic acid groups (broad SMARTS) is 1. The van der Waals surface area contributed by atoms with Gasteiger partial charge in [0.15, 0.2) is 9.84 Å². The molecule has 0 atom stereocenters. The molecule has 1 aromatic heterocycles. The molecule has 0 amide bonds. The van der Waals surface area contributed by atoms with E-state index in [-0.39, 0.29) is 12.2 Å². The summed E-state index contributed by atoms with van der Waals surface area (Å²) < 4.78 is 24.0. The van der Waals surface area contributed by atoms with E-state index in [1.54, 1.807) is 24.0 Å². The van der Waals surface area contributed by atoms with Crippen molar-refractivity contribution in [3.8, 4) is 0 Å². The van der Waals surface area contributed by atoms with Crippen molar-refractivity contribution in [2.24, 2.45) is 7.05 Å². The summed E-state index contributed by atoms with van der Waals surface area (Å²) in [6, 6.07) is 1.70. The molecule has 0 aliphatic heterocycles. The van der Waals surface area contributed by atoms with E-state index in [9.17, 15) is 13.2 Å². The summed E-state index contributed by atoms with van der Waals surface area (Å²) in [5.41, 5.74) is 0.768. The van der Waals surface area contributed by atoms with Gasteiger partial charge in [-0.2, -0.15) is 5.10 Å². The van der Waals surface area contributed by atoms with E-state index in [1.807, 2.05) is 0 Å². The molecule has 0 aromatic carbocycles. The average Bonchev–Trinajstić information content (AvgIpc) is 2.45. The van der Waals surface area contributed by atoms with Crippen LogP contribution in [0.3, 0.4) is 0 Å². The fraction of sp³-hybridized carbons (Fsp3) is 0.500. The molecule has 1 rings (SSSR count). The summed E-state index contributed by atoms with van der Waals surface area (Å²) in [4.78, 5) is 10.2. The Morgan fingerprint density at radius 2 is 2.27 bits per heavy atom. The largest absolute Gasteiger partial charge is 0.480 e. The first-order chi connectivity index (χ1) is 6.91. The Morgan fingerprint density at radius 1 is 1.60 bits per heavy atom. The minimum Gasteiger partial charge on any atom is -0.480 e. The van der Waals surface area contributed by atoms with E-state index >= 15 is 0 Å². The zero-order chi connectivity index (χ0) is 11.5. The summed E-state index contributed by atoms with van der Waals surface area (Å²) in [6.45, 7) is 0. The van der Waals surface area contributed by atoms with E-state index in [2.05, 4.69) is 5.10 Å². The molecule has 6 nitrogen and oxygen atoms in total. The van der Waals surface area contributed by atoms with E-state index < -0.39 is 21.6 Å². The highest BCUT2D eigenvalue weighted by Gasteiger charge is 2.16. The van der Waals surface area contributed by atoms with Crippen LogP contribution in [0.5, 0.6) is 0 Å². The average molecular weight is 232 g/mol. The number of hydrogen-bond acceptors (Lipinski definition) is 4. The zero-order valence-electron chi connectivity index (χ0n) is 8.25. The lowest BCUT2D eigenvalue weighted by molar-refractivity contribution is -0.134. The first kappa shape index (κ1) is 11.7. The van der Waals surface area contributed by atoms with Crippen LogP contribution in [0.15, 0.2) is 12.3 Å². The van der Waals surface area contributed by atoms with E-state index in [0.29, 0.717) is 0 Å². The highest BCUT2D eigenvalue weighted by molar-refractivity contribution is 7.92. The van der Waals surface area contributed by atoms with Crippen molar-refractivity contribution in [2.45, 2.75) is 6.42 Å². The van der Waals surface area contributed by atoms with Crippen molar-refractivity contribution in [2.75, 3.05) is 11.5 Å². The van der Waals surface area contributed by atoms with Crippen molar-refractivity contribution in [1.82, 2.24) is 9.78 Å². The van der Waals surface area contributed by atoms with E-state index in [0.717, 1.165) is 5.69 Å². The van der Waals surface area contributed by atoms with Gasteiger partial charge < -0.3 is 5.11 Å². The molecule has 1 heterocycles. The fourth-order valence-electron chi connectivity index (χ4n) is 1.17. The minimum atomic E-state index is -3.51. The van der Waals surface area contributed by atoms with Crippen LogP contribution in [0.1, 0.15) is 5.69 Å². The van der Waals surface area contributed by atoms with Crippen molar-refractivity contribution in [1.29, 1.82) is 0 Å². The van der Waals surface area contributed by atoms with Gasteiger partial charge in [0.1, 0.15) is 5.75 Å². The van der Waals surface area contributed by atoms with Crippen LogP contribution in [0.25, 0.3) is 0 Å². The second kappa shape index (κ2) is 4.43. The number of hydrogen-bond donors (Lipinski definition) is 1. The van der Waals surface area contributed by atoms with Gasteiger partial charge in [-0.15, -0.1) is 0 Å². The Morgan fingerprint density at radius 3 is 2.73 bits per heavy atom. The van der Waals surface area contributed by atoms with Crippen molar-refractivity contribution in [3.63, 3.8) is 0 Å². The number of aromatic nitrogens is 2. The molecule has 7 heteroatoms. The normalized spacial score (nSPS) is 11.5. The summed E-state index contributed by atoms with van der Waals surface area (Å²) in [5, 5.41) is 12.2. The Labute approximate surface area is 87.4 Å². The number of rotatable bonds is 5. The van der Waals surface area contributed by atoms with Gasteiger partial charge >= 0.3 is 5.97 Å². The Bertz CT molecular complexity index is 449. The topological polar surface area (TPSA) is 89.3 Å². The Kier molecular flexibility index (Phi) is 3.46. The number of aryl methyl sites for hydroxylation is 2. The maximum Gasteiger partial charge on any atom is 0.318 e. The molecular formula is C8H12N2O4S. The van der Waals surface area contributed by atoms with Gasteiger partial charge in [0.2, 0.25) is 0 Å². The molecule has 0 radical (unpaired) electrons. The SMILES string of the molecule is Cn1nccc1CCS(=O)(=O)CC(=O)O. The molecular weight excluding hydrogens is 220 g/mol. The van der Waals surface area contributed by atoms with Crippen LogP contribution >= 0.6 is 0 Å². The summed E-state index contributed by atoms with van der Waals surface area (Å²) in [5.74, 6) is -2.30. The lowest BCUT2D eigenvalue weighted by Crippen LogP contribution is -2.20. The van der Waals surface area contributed by atoms with Crippen LogP contribution < -0.4 is 0 Å². The number of carbonyl (C=O) groups is 1. The highest BCUT2D eigenvalue weighted by atomic mass is 32.2. The lowest BCUT2D eigenvalue weighted by atomic mass is 10.3. The molecule has 1 N–H and O–H groups in total. The van der Waals surface area contributed by atoms with Crippen LogP contribution in [-0.4, -0.2) is 40.8 Å². The van der Waals surface area contributed by atoms with Crippen LogP contribution in [-0.2, 0) is 28.1 Å². The second-order valence-corrected chi connectivity index (χ2v) is 5.37. The molecule has 15 heavy (non-hydrogen) atoms. The zero-order valence-corrected chi connectivity index (χ0v) is 9.07.